The molecule has 2 aromatic heterocycles. The van der Waals surface area contributed by atoms with Crippen LogP contribution in [0, 0.1) is 0 Å². The molecule has 0 spiro atoms. The fourth-order valence-corrected chi connectivity index (χ4v) is 2.96. The molecule has 0 saturated heterocycles. The average Bonchev–Trinajstić information content (AvgIpc) is 3.13. The third-order valence-electron chi connectivity index (χ3n) is 2.44. The summed E-state index contributed by atoms with van der Waals surface area (Å²) in [6.45, 7) is 0. The Hall–Kier alpha value is -2.12. The largest absolute Gasteiger partial charge is 0.472 e. The second-order valence-electron chi connectivity index (χ2n) is 3.80. The lowest BCUT2D eigenvalue weighted by Gasteiger charge is -2.04. The molecule has 0 saturated carbocycles. The van der Waals surface area contributed by atoms with Crippen molar-refractivity contribution < 1.29 is 9.21 Å². The van der Waals surface area contributed by atoms with Gasteiger partial charge in [0.1, 0.15) is 11.8 Å². The van der Waals surface area contributed by atoms with E-state index in [1.165, 1.54) is 35.6 Å². The molecule has 100 valence electrons. The molecule has 7 heteroatoms. The fraction of sp³-hybridized carbons (Fsp3) is 0. The van der Waals surface area contributed by atoms with Crippen molar-refractivity contribution in [2.75, 3.05) is 5.32 Å². The van der Waals surface area contributed by atoms with E-state index in [2.05, 4.69) is 15.5 Å². The van der Waals surface area contributed by atoms with E-state index in [0.717, 1.165) is 14.9 Å². The van der Waals surface area contributed by atoms with Gasteiger partial charge in [0.05, 0.1) is 11.8 Å². The van der Waals surface area contributed by atoms with Crippen LogP contribution in [0.1, 0.15) is 10.4 Å². The summed E-state index contributed by atoms with van der Waals surface area (Å²) in [5.41, 5.74) is 2.93. The lowest BCUT2D eigenvalue weighted by Crippen LogP contribution is -2.10. The van der Waals surface area contributed by atoms with E-state index in [1.54, 1.807) is 11.6 Å². The highest BCUT2D eigenvalue weighted by Crippen LogP contribution is 2.29. The molecule has 0 aliphatic carbocycles. The standard InChI is InChI=1S/C13H9N3O2S2/c17-12(9-5-6-18-7-9)15-10-1-3-11(4-2-10)20-13-16-14-8-19-13/h1-8H,(H,15,17). The maximum atomic E-state index is 11.8. The topological polar surface area (TPSA) is 68.0 Å². The molecule has 3 aromatic rings. The summed E-state index contributed by atoms with van der Waals surface area (Å²) in [4.78, 5) is 12.9. The summed E-state index contributed by atoms with van der Waals surface area (Å²) in [5.74, 6) is -0.191. The second-order valence-corrected chi connectivity index (χ2v) is 5.95. The maximum Gasteiger partial charge on any atom is 0.258 e. The zero-order chi connectivity index (χ0) is 13.8. The number of hydrogen-bond acceptors (Lipinski definition) is 6. The second kappa shape index (κ2) is 5.89. The molecule has 0 bridgehead atoms. The summed E-state index contributed by atoms with van der Waals surface area (Å²) in [6.07, 6.45) is 2.88. The Bertz CT molecular complexity index is 679. The summed E-state index contributed by atoms with van der Waals surface area (Å²) in [7, 11) is 0. The molecule has 5 nitrogen and oxygen atoms in total. The lowest BCUT2D eigenvalue weighted by molar-refractivity contribution is 0.102. The first kappa shape index (κ1) is 12.9. The van der Waals surface area contributed by atoms with Gasteiger partial charge in [-0.05, 0) is 30.3 Å². The van der Waals surface area contributed by atoms with Gasteiger partial charge in [-0.2, -0.15) is 0 Å². The Morgan fingerprint density at radius 1 is 1.25 bits per heavy atom. The molecule has 0 radical (unpaired) electrons. The maximum absolute atomic E-state index is 11.8. The quantitative estimate of drug-likeness (QED) is 0.798. The van der Waals surface area contributed by atoms with E-state index in [9.17, 15) is 4.79 Å². The monoisotopic (exact) mass is 303 g/mol. The Morgan fingerprint density at radius 2 is 2.10 bits per heavy atom. The SMILES string of the molecule is O=C(Nc1ccc(Sc2nncs2)cc1)c1ccoc1. The minimum absolute atomic E-state index is 0.191. The molecule has 20 heavy (non-hydrogen) atoms. The van der Waals surface area contributed by atoms with Crippen molar-refractivity contribution in [2.24, 2.45) is 0 Å². The van der Waals surface area contributed by atoms with Crippen molar-refractivity contribution >= 4 is 34.7 Å². The van der Waals surface area contributed by atoms with Crippen molar-refractivity contribution in [3.05, 3.63) is 53.9 Å². The normalized spacial score (nSPS) is 10.4. The Balaban J connectivity index is 1.65. The molecule has 0 aliphatic rings. The minimum atomic E-state index is -0.191. The number of aromatic nitrogens is 2. The first-order valence-corrected chi connectivity index (χ1v) is 7.38. The Morgan fingerprint density at radius 3 is 2.75 bits per heavy atom. The van der Waals surface area contributed by atoms with Crippen LogP contribution >= 0.6 is 23.1 Å². The molecule has 0 unspecified atom stereocenters. The molecule has 3 rings (SSSR count). The van der Waals surface area contributed by atoms with Crippen molar-refractivity contribution in [3.8, 4) is 0 Å². The van der Waals surface area contributed by atoms with Gasteiger partial charge < -0.3 is 9.73 Å². The summed E-state index contributed by atoms with van der Waals surface area (Å²) >= 11 is 3.03. The molecular weight excluding hydrogens is 294 g/mol. The van der Waals surface area contributed by atoms with E-state index in [0.29, 0.717) is 5.56 Å². The molecule has 1 aromatic carbocycles. The van der Waals surface area contributed by atoms with E-state index in [-0.39, 0.29) is 5.91 Å². The highest BCUT2D eigenvalue weighted by Gasteiger charge is 2.07. The fourth-order valence-electron chi connectivity index (χ4n) is 1.51. The highest BCUT2D eigenvalue weighted by atomic mass is 32.2. The van der Waals surface area contributed by atoms with E-state index in [4.69, 9.17) is 4.42 Å². The predicted octanol–water partition coefficient (Wildman–Crippen LogP) is 3.53. The van der Waals surface area contributed by atoms with Crippen LogP contribution in [0.5, 0.6) is 0 Å². The van der Waals surface area contributed by atoms with Gasteiger partial charge in [0.2, 0.25) is 0 Å². The number of benzene rings is 1. The molecule has 1 amide bonds. The Labute approximate surface area is 123 Å². The third-order valence-corrected chi connectivity index (χ3v) is 4.23. The van der Waals surface area contributed by atoms with Gasteiger partial charge in [0.25, 0.3) is 5.91 Å². The number of rotatable bonds is 4. The number of furan rings is 1. The third kappa shape index (κ3) is 3.06. The van der Waals surface area contributed by atoms with Gasteiger partial charge in [-0.25, -0.2) is 0 Å². The number of hydrogen-bond donors (Lipinski definition) is 1. The number of anilines is 1. The smallest absolute Gasteiger partial charge is 0.258 e. The first-order chi connectivity index (χ1) is 9.81. The zero-order valence-corrected chi connectivity index (χ0v) is 11.8. The number of amides is 1. The predicted molar refractivity (Wildman–Crippen MR) is 77.1 cm³/mol. The van der Waals surface area contributed by atoms with Crippen LogP contribution in [0.2, 0.25) is 0 Å². The van der Waals surface area contributed by atoms with Gasteiger partial charge >= 0.3 is 0 Å². The van der Waals surface area contributed by atoms with Crippen LogP contribution in [-0.4, -0.2) is 16.1 Å². The molecule has 0 atom stereocenters. The van der Waals surface area contributed by atoms with E-state index in [1.807, 2.05) is 24.3 Å². The van der Waals surface area contributed by atoms with Gasteiger partial charge in [0, 0.05) is 10.6 Å². The zero-order valence-electron chi connectivity index (χ0n) is 10.1. The molecule has 2 heterocycles. The Kier molecular flexibility index (Phi) is 3.80. The van der Waals surface area contributed by atoms with Gasteiger partial charge in [-0.15, -0.1) is 10.2 Å². The van der Waals surface area contributed by atoms with Gasteiger partial charge in [0.15, 0.2) is 4.34 Å². The van der Waals surface area contributed by atoms with Gasteiger partial charge in [-0.1, -0.05) is 23.1 Å². The molecule has 0 fully saturated rings. The summed E-state index contributed by atoms with van der Waals surface area (Å²) < 4.78 is 5.76. The van der Waals surface area contributed by atoms with Crippen LogP contribution in [-0.2, 0) is 0 Å². The molecular formula is C13H9N3O2S2. The highest BCUT2D eigenvalue weighted by molar-refractivity contribution is 8.01. The van der Waals surface area contributed by atoms with Crippen molar-refractivity contribution in [2.45, 2.75) is 9.24 Å². The van der Waals surface area contributed by atoms with Crippen molar-refractivity contribution in [1.29, 1.82) is 0 Å². The van der Waals surface area contributed by atoms with Crippen LogP contribution in [0.3, 0.4) is 0 Å². The van der Waals surface area contributed by atoms with Crippen LogP contribution in [0.4, 0.5) is 5.69 Å². The number of nitrogens with zero attached hydrogens (tertiary/aromatic N) is 2. The summed E-state index contributed by atoms with van der Waals surface area (Å²) in [5, 5.41) is 10.5. The van der Waals surface area contributed by atoms with Crippen LogP contribution in [0.15, 0.2) is 62.0 Å². The molecule has 1 N–H and O–H groups in total. The van der Waals surface area contributed by atoms with E-state index >= 15 is 0 Å². The van der Waals surface area contributed by atoms with Crippen LogP contribution < -0.4 is 5.32 Å². The van der Waals surface area contributed by atoms with E-state index < -0.39 is 0 Å². The minimum Gasteiger partial charge on any atom is -0.472 e. The number of nitrogens with one attached hydrogen (secondary N) is 1. The lowest BCUT2D eigenvalue weighted by atomic mass is 10.3. The first-order valence-electron chi connectivity index (χ1n) is 5.69. The number of carbonyl (C=O) groups excluding carboxylic acids is 1. The number of carbonyl (C=O) groups is 1. The molecule has 0 aliphatic heterocycles. The van der Waals surface area contributed by atoms with Crippen LogP contribution in [0.25, 0.3) is 0 Å². The van der Waals surface area contributed by atoms with Crippen molar-refractivity contribution in [3.63, 3.8) is 0 Å². The van der Waals surface area contributed by atoms with Gasteiger partial charge in [-0.3, -0.25) is 4.79 Å². The average molecular weight is 303 g/mol. The summed E-state index contributed by atoms with van der Waals surface area (Å²) in [6, 6.07) is 9.17. The van der Waals surface area contributed by atoms with Crippen molar-refractivity contribution in [1.82, 2.24) is 10.2 Å².